The predicted octanol–water partition coefficient (Wildman–Crippen LogP) is 0.409. The van der Waals surface area contributed by atoms with Crippen molar-refractivity contribution in [3.63, 3.8) is 0 Å². The van der Waals surface area contributed by atoms with Crippen LogP contribution in [0.4, 0.5) is 0 Å². The van der Waals surface area contributed by atoms with Crippen LogP contribution in [0.2, 0.25) is 0 Å². The number of rotatable bonds is 3. The minimum Gasteiger partial charge on any atom is -0.409 e. The maximum Gasteiger partial charge on any atom is 0.272 e. The summed E-state index contributed by atoms with van der Waals surface area (Å²) in [7, 11) is 0. The molecular formula is C14H20N4O3. The van der Waals surface area contributed by atoms with Crippen LogP contribution in [-0.4, -0.2) is 51.1 Å². The van der Waals surface area contributed by atoms with Crippen molar-refractivity contribution in [1.29, 1.82) is 0 Å². The first-order valence-electron chi connectivity index (χ1n) is 6.94. The molecular weight excluding hydrogens is 272 g/mol. The lowest BCUT2D eigenvalue weighted by molar-refractivity contribution is 0.0517. The van der Waals surface area contributed by atoms with Gasteiger partial charge in [-0.1, -0.05) is 5.16 Å². The summed E-state index contributed by atoms with van der Waals surface area (Å²) >= 11 is 0. The number of likely N-dealkylation sites (tertiary alicyclic amines) is 1. The summed E-state index contributed by atoms with van der Waals surface area (Å²) in [6.45, 7) is 3.03. The highest BCUT2D eigenvalue weighted by molar-refractivity contribution is 5.98. The van der Waals surface area contributed by atoms with E-state index < -0.39 is 0 Å². The number of oxime groups is 1. The van der Waals surface area contributed by atoms with Crippen LogP contribution >= 0.6 is 0 Å². The molecule has 4 N–H and O–H groups in total. The van der Waals surface area contributed by atoms with Gasteiger partial charge in [0.25, 0.3) is 5.91 Å². The summed E-state index contributed by atoms with van der Waals surface area (Å²) in [6.07, 6.45) is 2.67. The fourth-order valence-corrected chi connectivity index (χ4v) is 2.48. The van der Waals surface area contributed by atoms with Crippen molar-refractivity contribution >= 4 is 11.7 Å². The number of nitrogens with two attached hydrogens (primary N) is 1. The van der Waals surface area contributed by atoms with E-state index in [9.17, 15) is 9.90 Å². The van der Waals surface area contributed by atoms with E-state index in [1.54, 1.807) is 24.0 Å². The molecule has 1 atom stereocenters. The number of carbonyl (C=O) groups is 1. The Labute approximate surface area is 123 Å². The van der Waals surface area contributed by atoms with Crippen molar-refractivity contribution in [3.8, 4) is 0 Å². The first-order valence-corrected chi connectivity index (χ1v) is 6.94. The number of aliphatic hydroxyl groups excluding tert-OH is 1. The maximum absolute atomic E-state index is 12.3. The van der Waals surface area contributed by atoms with Gasteiger partial charge in [-0.3, -0.25) is 9.78 Å². The van der Waals surface area contributed by atoms with Gasteiger partial charge in [0, 0.05) is 24.8 Å². The molecule has 0 spiro atoms. The Balaban J connectivity index is 2.01. The van der Waals surface area contributed by atoms with Gasteiger partial charge in [-0.25, -0.2) is 0 Å². The monoisotopic (exact) mass is 292 g/mol. The molecule has 0 saturated carbocycles. The predicted molar refractivity (Wildman–Crippen MR) is 77.1 cm³/mol. The van der Waals surface area contributed by atoms with Gasteiger partial charge in [-0.15, -0.1) is 0 Å². The molecule has 0 bridgehead atoms. The number of amidine groups is 1. The summed E-state index contributed by atoms with van der Waals surface area (Å²) in [4.78, 5) is 18.1. The molecule has 7 nitrogen and oxygen atoms in total. The highest BCUT2D eigenvalue weighted by Gasteiger charge is 2.26. The average Bonchev–Trinajstić information content (AvgIpc) is 2.53. The highest BCUT2D eigenvalue weighted by Crippen LogP contribution is 2.21. The van der Waals surface area contributed by atoms with Gasteiger partial charge >= 0.3 is 0 Å². The molecule has 1 aromatic heterocycles. The topological polar surface area (TPSA) is 112 Å². The van der Waals surface area contributed by atoms with Gasteiger partial charge in [-0.2, -0.15) is 0 Å². The Morgan fingerprint density at radius 1 is 1.48 bits per heavy atom. The number of aliphatic hydroxyl groups is 1. The third-order valence-electron chi connectivity index (χ3n) is 3.90. The molecule has 1 aliphatic heterocycles. The van der Waals surface area contributed by atoms with Crippen LogP contribution in [0.5, 0.6) is 0 Å². The Morgan fingerprint density at radius 3 is 2.62 bits per heavy atom. The number of hydrogen-bond acceptors (Lipinski definition) is 5. The zero-order valence-electron chi connectivity index (χ0n) is 11.9. The summed E-state index contributed by atoms with van der Waals surface area (Å²) < 4.78 is 0. The van der Waals surface area contributed by atoms with Crippen molar-refractivity contribution in [2.75, 3.05) is 13.1 Å². The Morgan fingerprint density at radius 2 is 2.14 bits per heavy atom. The van der Waals surface area contributed by atoms with E-state index >= 15 is 0 Å². The summed E-state index contributed by atoms with van der Waals surface area (Å²) in [6, 6.07) is 3.16. The van der Waals surface area contributed by atoms with Gasteiger partial charge in [0.1, 0.15) is 5.69 Å². The summed E-state index contributed by atoms with van der Waals surface area (Å²) in [5.74, 6) is 0.0781. The Kier molecular flexibility index (Phi) is 4.74. The molecule has 1 saturated heterocycles. The van der Waals surface area contributed by atoms with E-state index in [2.05, 4.69) is 10.1 Å². The van der Waals surface area contributed by atoms with Crippen molar-refractivity contribution in [3.05, 3.63) is 29.6 Å². The largest absolute Gasteiger partial charge is 0.409 e. The van der Waals surface area contributed by atoms with Gasteiger partial charge < -0.3 is 20.9 Å². The quantitative estimate of drug-likeness (QED) is 0.323. The lowest BCUT2D eigenvalue weighted by atomic mass is 9.92. The van der Waals surface area contributed by atoms with Crippen LogP contribution in [0.3, 0.4) is 0 Å². The molecule has 1 fully saturated rings. The minimum absolute atomic E-state index is 0.0424. The zero-order chi connectivity index (χ0) is 15.4. The molecule has 0 aliphatic carbocycles. The molecule has 1 aliphatic rings. The normalized spacial score (nSPS) is 18.6. The van der Waals surface area contributed by atoms with Gasteiger partial charge in [-0.05, 0) is 37.8 Å². The number of pyridine rings is 1. The SMILES string of the molecule is CC(O)C1CCN(C(=O)c2ccc(/C(N)=N/O)cn2)CC1. The smallest absolute Gasteiger partial charge is 0.272 e. The third kappa shape index (κ3) is 3.49. The number of aromatic nitrogens is 1. The Hall–Kier alpha value is -2.15. The van der Waals surface area contributed by atoms with Crippen molar-refractivity contribution in [1.82, 2.24) is 9.88 Å². The fraction of sp³-hybridized carbons (Fsp3) is 0.500. The van der Waals surface area contributed by atoms with Crippen molar-refractivity contribution < 1.29 is 15.1 Å². The van der Waals surface area contributed by atoms with Crippen LogP contribution in [0.15, 0.2) is 23.5 Å². The highest BCUT2D eigenvalue weighted by atomic mass is 16.4. The molecule has 2 heterocycles. The van der Waals surface area contributed by atoms with Crippen LogP contribution < -0.4 is 5.73 Å². The van der Waals surface area contributed by atoms with Crippen LogP contribution in [0, 0.1) is 5.92 Å². The molecule has 2 rings (SSSR count). The number of piperidine rings is 1. The second-order valence-electron chi connectivity index (χ2n) is 5.29. The molecule has 1 unspecified atom stereocenters. The van der Waals surface area contributed by atoms with E-state index in [0.717, 1.165) is 12.8 Å². The zero-order valence-corrected chi connectivity index (χ0v) is 11.9. The summed E-state index contributed by atoms with van der Waals surface area (Å²) in [5.41, 5.74) is 6.24. The Bertz CT molecular complexity index is 520. The molecule has 0 aromatic carbocycles. The molecule has 21 heavy (non-hydrogen) atoms. The van der Waals surface area contributed by atoms with E-state index in [1.165, 1.54) is 6.20 Å². The molecule has 1 amide bonds. The number of hydrogen-bond donors (Lipinski definition) is 3. The van der Waals surface area contributed by atoms with E-state index in [4.69, 9.17) is 10.9 Å². The van der Waals surface area contributed by atoms with Crippen LogP contribution in [-0.2, 0) is 0 Å². The number of carbonyl (C=O) groups excluding carboxylic acids is 1. The average molecular weight is 292 g/mol. The fourth-order valence-electron chi connectivity index (χ4n) is 2.48. The minimum atomic E-state index is -0.333. The number of nitrogens with zero attached hydrogens (tertiary/aromatic N) is 3. The lowest BCUT2D eigenvalue weighted by Gasteiger charge is -2.33. The van der Waals surface area contributed by atoms with Crippen molar-refractivity contribution in [2.45, 2.75) is 25.9 Å². The van der Waals surface area contributed by atoms with Crippen molar-refractivity contribution in [2.24, 2.45) is 16.8 Å². The van der Waals surface area contributed by atoms with Gasteiger partial charge in [0.05, 0.1) is 6.10 Å². The third-order valence-corrected chi connectivity index (χ3v) is 3.90. The van der Waals surface area contributed by atoms with Crippen LogP contribution in [0.1, 0.15) is 35.8 Å². The van der Waals surface area contributed by atoms with Crippen LogP contribution in [0.25, 0.3) is 0 Å². The van der Waals surface area contributed by atoms with Gasteiger partial charge in [0.2, 0.25) is 0 Å². The first kappa shape index (κ1) is 15.2. The molecule has 0 radical (unpaired) electrons. The first-order chi connectivity index (χ1) is 10.0. The van der Waals surface area contributed by atoms with E-state index in [-0.39, 0.29) is 23.8 Å². The second kappa shape index (κ2) is 6.53. The number of amides is 1. The summed E-state index contributed by atoms with van der Waals surface area (Å²) in [5, 5.41) is 21.0. The maximum atomic E-state index is 12.3. The standard InChI is InChI=1S/C14H20N4O3/c1-9(19)10-4-6-18(7-5-10)14(20)12-3-2-11(8-16-12)13(15)17-21/h2-3,8-10,19,21H,4-7H2,1H3,(H2,15,17). The van der Waals surface area contributed by atoms with Gasteiger partial charge in [0.15, 0.2) is 5.84 Å². The van der Waals surface area contributed by atoms with E-state index in [1.807, 2.05) is 0 Å². The molecule has 1 aromatic rings. The lowest BCUT2D eigenvalue weighted by Crippen LogP contribution is -2.41. The molecule has 7 heteroatoms. The van der Waals surface area contributed by atoms with E-state index in [0.29, 0.717) is 24.3 Å². The molecule has 114 valence electrons. The second-order valence-corrected chi connectivity index (χ2v) is 5.29.